The van der Waals surface area contributed by atoms with Crippen molar-refractivity contribution in [1.82, 2.24) is 0 Å². The molecule has 4 nitrogen and oxygen atoms in total. The summed E-state index contributed by atoms with van der Waals surface area (Å²) in [6.07, 6.45) is 0.231. The van der Waals surface area contributed by atoms with Gasteiger partial charge in [-0.1, -0.05) is 12.1 Å². The Bertz CT molecular complexity index is 320. The first kappa shape index (κ1) is 11.5. The maximum absolute atomic E-state index is 10.5. The number of rotatable bonds is 5. The van der Waals surface area contributed by atoms with E-state index in [1.807, 2.05) is 31.2 Å². The van der Waals surface area contributed by atoms with E-state index in [0.29, 0.717) is 6.61 Å². The molecule has 0 heterocycles. The van der Waals surface area contributed by atoms with E-state index in [1.54, 1.807) is 0 Å². The predicted octanol–water partition coefficient (Wildman–Crippen LogP) is 0.960. The number of primary amides is 1. The zero-order chi connectivity index (χ0) is 11.3. The van der Waals surface area contributed by atoms with Gasteiger partial charge in [-0.05, 0) is 24.6 Å². The lowest BCUT2D eigenvalue weighted by Crippen LogP contribution is -2.14. The number of benzene rings is 1. The van der Waals surface area contributed by atoms with Crippen LogP contribution in [0.25, 0.3) is 0 Å². The van der Waals surface area contributed by atoms with E-state index < -0.39 is 0 Å². The first-order valence-corrected chi connectivity index (χ1v) is 4.86. The number of ether oxygens (including phenoxy) is 1. The van der Waals surface area contributed by atoms with Crippen LogP contribution in [0.2, 0.25) is 0 Å². The fraction of sp³-hybridized carbons (Fsp3) is 0.364. The fourth-order valence-corrected chi connectivity index (χ4v) is 1.14. The first-order valence-electron chi connectivity index (χ1n) is 4.86. The molecule has 15 heavy (non-hydrogen) atoms. The highest BCUT2D eigenvalue weighted by atomic mass is 16.5. The van der Waals surface area contributed by atoms with Crippen LogP contribution in [0.1, 0.15) is 24.9 Å². The van der Waals surface area contributed by atoms with Gasteiger partial charge in [0.15, 0.2) is 0 Å². The Balaban J connectivity index is 2.46. The van der Waals surface area contributed by atoms with Gasteiger partial charge in [-0.25, -0.2) is 0 Å². The molecule has 0 spiro atoms. The molecule has 0 aliphatic rings. The van der Waals surface area contributed by atoms with Gasteiger partial charge < -0.3 is 16.2 Å². The molecule has 1 aromatic rings. The van der Waals surface area contributed by atoms with Crippen LogP contribution in [0, 0.1) is 0 Å². The van der Waals surface area contributed by atoms with E-state index in [9.17, 15) is 4.79 Å². The van der Waals surface area contributed by atoms with Gasteiger partial charge in [0, 0.05) is 6.04 Å². The Morgan fingerprint density at radius 2 is 2.00 bits per heavy atom. The molecule has 0 saturated heterocycles. The maximum atomic E-state index is 10.5. The summed E-state index contributed by atoms with van der Waals surface area (Å²) in [5.41, 5.74) is 11.7. The van der Waals surface area contributed by atoms with Crippen molar-refractivity contribution in [3.8, 4) is 5.75 Å². The zero-order valence-corrected chi connectivity index (χ0v) is 8.77. The largest absolute Gasteiger partial charge is 0.493 e. The molecule has 1 atom stereocenters. The topological polar surface area (TPSA) is 78.3 Å². The second-order valence-electron chi connectivity index (χ2n) is 3.42. The molecule has 1 rings (SSSR count). The third-order valence-electron chi connectivity index (χ3n) is 2.02. The molecule has 1 amide bonds. The molecule has 0 aromatic heterocycles. The molecule has 4 N–H and O–H groups in total. The molecule has 0 aliphatic heterocycles. The minimum atomic E-state index is -0.359. The summed E-state index contributed by atoms with van der Waals surface area (Å²) in [5.74, 6) is 0.364. The number of nitrogens with two attached hydrogens (primary N) is 2. The maximum Gasteiger partial charge on any atom is 0.220 e. The lowest BCUT2D eigenvalue weighted by Gasteiger charge is -2.08. The van der Waals surface area contributed by atoms with E-state index in [4.69, 9.17) is 16.2 Å². The molecule has 82 valence electrons. The van der Waals surface area contributed by atoms with E-state index in [0.717, 1.165) is 11.3 Å². The monoisotopic (exact) mass is 208 g/mol. The minimum absolute atomic E-state index is 0.0182. The van der Waals surface area contributed by atoms with Crippen molar-refractivity contribution < 1.29 is 9.53 Å². The van der Waals surface area contributed by atoms with Crippen LogP contribution in [-0.2, 0) is 4.79 Å². The highest BCUT2D eigenvalue weighted by Crippen LogP contribution is 2.15. The zero-order valence-electron chi connectivity index (χ0n) is 8.77. The molecule has 0 aliphatic carbocycles. The van der Waals surface area contributed by atoms with Crippen molar-refractivity contribution in [2.75, 3.05) is 6.61 Å². The molecule has 0 unspecified atom stereocenters. The van der Waals surface area contributed by atoms with Crippen LogP contribution in [-0.4, -0.2) is 12.5 Å². The van der Waals surface area contributed by atoms with Crippen molar-refractivity contribution in [1.29, 1.82) is 0 Å². The minimum Gasteiger partial charge on any atom is -0.493 e. The smallest absolute Gasteiger partial charge is 0.220 e. The summed E-state index contributed by atoms with van der Waals surface area (Å²) >= 11 is 0. The third kappa shape index (κ3) is 3.99. The van der Waals surface area contributed by atoms with E-state index in [-0.39, 0.29) is 18.4 Å². The van der Waals surface area contributed by atoms with Gasteiger partial charge in [0.1, 0.15) is 5.75 Å². The lowest BCUT2D eigenvalue weighted by atomic mass is 10.1. The van der Waals surface area contributed by atoms with Crippen molar-refractivity contribution >= 4 is 5.91 Å². The number of carbonyl (C=O) groups is 1. The lowest BCUT2D eigenvalue weighted by molar-refractivity contribution is -0.118. The van der Waals surface area contributed by atoms with Crippen molar-refractivity contribution in [3.05, 3.63) is 29.8 Å². The van der Waals surface area contributed by atoms with Gasteiger partial charge in [-0.3, -0.25) is 4.79 Å². The molecule has 0 saturated carbocycles. The summed E-state index contributed by atoms with van der Waals surface area (Å²) in [7, 11) is 0. The van der Waals surface area contributed by atoms with Crippen LogP contribution < -0.4 is 16.2 Å². The number of carbonyl (C=O) groups excluding carboxylic acids is 1. The Labute approximate surface area is 89.2 Å². The number of hydrogen-bond donors (Lipinski definition) is 2. The van der Waals surface area contributed by atoms with Gasteiger partial charge in [0.2, 0.25) is 5.91 Å². The van der Waals surface area contributed by atoms with Crippen LogP contribution in [0.4, 0.5) is 0 Å². The SMILES string of the molecule is C[C@@H](N)c1ccc(OCCC(N)=O)cc1. The molecule has 0 bridgehead atoms. The Morgan fingerprint density at radius 1 is 1.40 bits per heavy atom. The normalized spacial score (nSPS) is 12.1. The van der Waals surface area contributed by atoms with Gasteiger partial charge in [0.05, 0.1) is 13.0 Å². The molecule has 0 radical (unpaired) electrons. The van der Waals surface area contributed by atoms with Crippen molar-refractivity contribution in [2.24, 2.45) is 11.5 Å². The van der Waals surface area contributed by atoms with Gasteiger partial charge in [-0.2, -0.15) is 0 Å². The van der Waals surface area contributed by atoms with Crippen molar-refractivity contribution in [3.63, 3.8) is 0 Å². The second kappa shape index (κ2) is 5.36. The number of amides is 1. The summed E-state index contributed by atoms with van der Waals surface area (Å²) in [5, 5.41) is 0. The van der Waals surface area contributed by atoms with Crippen LogP contribution >= 0.6 is 0 Å². The van der Waals surface area contributed by atoms with Crippen LogP contribution in [0.3, 0.4) is 0 Å². The molecular formula is C11H16N2O2. The average molecular weight is 208 g/mol. The van der Waals surface area contributed by atoms with E-state index >= 15 is 0 Å². The summed E-state index contributed by atoms with van der Waals surface area (Å²) in [6.45, 7) is 2.23. The predicted molar refractivity (Wildman–Crippen MR) is 58.4 cm³/mol. The van der Waals surface area contributed by atoms with Gasteiger partial charge >= 0.3 is 0 Å². The first-order chi connectivity index (χ1) is 7.09. The van der Waals surface area contributed by atoms with Crippen LogP contribution in [0.15, 0.2) is 24.3 Å². The molecule has 1 aromatic carbocycles. The van der Waals surface area contributed by atoms with E-state index in [2.05, 4.69) is 0 Å². The fourth-order valence-electron chi connectivity index (χ4n) is 1.14. The average Bonchev–Trinajstić information content (AvgIpc) is 2.18. The van der Waals surface area contributed by atoms with Crippen LogP contribution in [0.5, 0.6) is 5.75 Å². The standard InChI is InChI=1S/C11H16N2O2/c1-8(12)9-2-4-10(5-3-9)15-7-6-11(13)14/h2-5,8H,6-7,12H2,1H3,(H2,13,14)/t8-/m1/s1. The molecular weight excluding hydrogens is 192 g/mol. The Hall–Kier alpha value is -1.55. The quantitative estimate of drug-likeness (QED) is 0.756. The highest BCUT2D eigenvalue weighted by Gasteiger charge is 2.00. The highest BCUT2D eigenvalue weighted by molar-refractivity contribution is 5.73. The summed E-state index contributed by atoms with van der Waals surface area (Å²) in [4.78, 5) is 10.5. The molecule has 0 fully saturated rings. The second-order valence-corrected chi connectivity index (χ2v) is 3.42. The van der Waals surface area contributed by atoms with Gasteiger partial charge in [-0.15, -0.1) is 0 Å². The van der Waals surface area contributed by atoms with Crippen molar-refractivity contribution in [2.45, 2.75) is 19.4 Å². The molecule has 4 heteroatoms. The van der Waals surface area contributed by atoms with E-state index in [1.165, 1.54) is 0 Å². The number of hydrogen-bond acceptors (Lipinski definition) is 3. The third-order valence-corrected chi connectivity index (χ3v) is 2.02. The summed E-state index contributed by atoms with van der Waals surface area (Å²) < 4.78 is 5.31. The Kier molecular flexibility index (Phi) is 4.12. The Morgan fingerprint density at radius 3 is 2.47 bits per heavy atom. The summed E-state index contributed by atoms with van der Waals surface area (Å²) in [6, 6.07) is 7.50. The van der Waals surface area contributed by atoms with Gasteiger partial charge in [0.25, 0.3) is 0 Å².